The Hall–Kier alpha value is -4.37. The highest BCUT2D eigenvalue weighted by Crippen LogP contribution is 2.36. The van der Waals surface area contributed by atoms with Gasteiger partial charge in [-0.15, -0.1) is 0 Å². The number of likely N-dealkylation sites (N-methyl/N-ethyl adjacent to an activating group) is 1. The Balaban J connectivity index is 0.779. The molecule has 4 heterocycles. The number of aliphatic hydroxyl groups is 1. The highest BCUT2D eigenvalue weighted by molar-refractivity contribution is 7.13. The standard InChI is InChI=1S/C41H50N6O6S/c1-45(20-17-42-26-35(49)31-9-11-34(48)39-32(31)10-12-37(50)43-39)38(51)14-23-52-22-13-29-5-4-6-30(25-29)27-46-18-15-41(16-19-46)28-47(21-24-53-41)40-33-7-2-3-8-36(33)54-44-40/h2-12,25,35,42,48-49H,13-24,26-28H2,1H3,(H,43,50)/t35-/m0/s1. The fourth-order valence-electron chi connectivity index (χ4n) is 7.60. The molecule has 4 N–H and O–H groups in total. The number of nitrogens with one attached hydrogen (secondary N) is 2. The van der Waals surface area contributed by atoms with Crippen molar-refractivity contribution in [3.63, 3.8) is 0 Å². The Morgan fingerprint density at radius 3 is 2.76 bits per heavy atom. The number of nitrogens with zero attached hydrogens (tertiary/aromatic N) is 4. The second kappa shape index (κ2) is 17.4. The summed E-state index contributed by atoms with van der Waals surface area (Å²) in [6, 6.07) is 23.3. The number of H-pyrrole nitrogens is 1. The zero-order chi connectivity index (χ0) is 37.5. The number of fused-ring (bicyclic) bond motifs is 2. The van der Waals surface area contributed by atoms with Crippen LogP contribution < -0.4 is 15.8 Å². The van der Waals surface area contributed by atoms with Crippen molar-refractivity contribution >= 4 is 44.2 Å². The van der Waals surface area contributed by atoms with Crippen molar-refractivity contribution in [2.75, 3.05) is 77.6 Å². The van der Waals surface area contributed by atoms with E-state index in [-0.39, 0.29) is 29.4 Å². The molecule has 2 saturated heterocycles. The van der Waals surface area contributed by atoms with E-state index in [1.807, 2.05) is 0 Å². The average molecular weight is 755 g/mol. The predicted molar refractivity (Wildman–Crippen MR) is 212 cm³/mol. The van der Waals surface area contributed by atoms with Crippen LogP contribution in [-0.4, -0.2) is 114 Å². The van der Waals surface area contributed by atoms with Crippen molar-refractivity contribution in [3.8, 4) is 5.75 Å². The summed E-state index contributed by atoms with van der Waals surface area (Å²) in [4.78, 5) is 33.6. The van der Waals surface area contributed by atoms with Crippen LogP contribution in [0, 0.1) is 0 Å². The number of pyridine rings is 1. The number of ether oxygens (including phenoxy) is 2. The van der Waals surface area contributed by atoms with Gasteiger partial charge in [0.15, 0.2) is 0 Å². The number of carbonyl (C=O) groups is 1. The molecule has 0 unspecified atom stereocenters. The van der Waals surface area contributed by atoms with Crippen molar-refractivity contribution in [3.05, 3.63) is 99.8 Å². The minimum Gasteiger partial charge on any atom is -0.506 e. The van der Waals surface area contributed by atoms with E-state index in [9.17, 15) is 19.8 Å². The van der Waals surface area contributed by atoms with E-state index >= 15 is 0 Å². The Labute approximate surface area is 319 Å². The zero-order valence-electron chi connectivity index (χ0n) is 30.8. The fraction of sp³-hybridized carbons (Fsp3) is 0.439. The van der Waals surface area contributed by atoms with Gasteiger partial charge in [-0.25, -0.2) is 0 Å². The number of hydrogen-bond donors (Lipinski definition) is 4. The van der Waals surface area contributed by atoms with Gasteiger partial charge in [0.25, 0.3) is 0 Å². The molecular weight excluding hydrogens is 705 g/mol. The maximum absolute atomic E-state index is 12.7. The zero-order valence-corrected chi connectivity index (χ0v) is 31.7. The van der Waals surface area contributed by atoms with Crippen molar-refractivity contribution in [2.24, 2.45) is 0 Å². The molecule has 7 rings (SSSR count). The molecule has 0 bridgehead atoms. The molecule has 5 aromatic rings. The lowest BCUT2D eigenvalue weighted by atomic mass is 9.89. The number of benzene rings is 3. The molecule has 2 aliphatic heterocycles. The first-order chi connectivity index (χ1) is 26.3. The number of phenols is 1. The van der Waals surface area contributed by atoms with Crippen LogP contribution in [0.25, 0.3) is 21.0 Å². The molecule has 2 fully saturated rings. The molecule has 13 heteroatoms. The van der Waals surface area contributed by atoms with E-state index < -0.39 is 6.10 Å². The fourth-order valence-corrected chi connectivity index (χ4v) is 8.40. The van der Waals surface area contributed by atoms with Crippen molar-refractivity contribution in [2.45, 2.75) is 43.9 Å². The first kappa shape index (κ1) is 37.9. The highest BCUT2D eigenvalue weighted by atomic mass is 32.1. The molecule has 54 heavy (non-hydrogen) atoms. The third-order valence-electron chi connectivity index (χ3n) is 10.7. The monoisotopic (exact) mass is 754 g/mol. The van der Waals surface area contributed by atoms with E-state index in [1.54, 1.807) is 35.6 Å². The van der Waals surface area contributed by atoms with E-state index in [4.69, 9.17) is 13.8 Å². The molecule has 1 spiro atoms. The Bertz CT molecular complexity index is 2100. The SMILES string of the molecule is CN(CCNC[C@H](O)c1ccc(O)c2[nH]c(=O)ccc12)C(=O)CCOCCc1cccc(CN2CCC3(CC2)CN(c2nsc4ccccc24)CCO3)c1. The van der Waals surface area contributed by atoms with Crippen LogP contribution in [0.2, 0.25) is 0 Å². The summed E-state index contributed by atoms with van der Waals surface area (Å²) in [7, 11) is 1.76. The molecule has 0 radical (unpaired) electrons. The Kier molecular flexibility index (Phi) is 12.2. The van der Waals surface area contributed by atoms with Gasteiger partial charge < -0.3 is 39.8 Å². The number of likely N-dealkylation sites (tertiary alicyclic amines) is 1. The molecule has 1 amide bonds. The maximum atomic E-state index is 12.7. The van der Waals surface area contributed by atoms with E-state index in [0.717, 1.165) is 64.4 Å². The van der Waals surface area contributed by atoms with Gasteiger partial charge in [-0.3, -0.25) is 14.5 Å². The number of aromatic hydroxyl groups is 1. The van der Waals surface area contributed by atoms with Crippen molar-refractivity contribution in [1.29, 1.82) is 0 Å². The summed E-state index contributed by atoms with van der Waals surface area (Å²) < 4.78 is 18.4. The van der Waals surface area contributed by atoms with Crippen LogP contribution in [0.15, 0.2) is 77.6 Å². The van der Waals surface area contributed by atoms with Crippen LogP contribution in [0.4, 0.5) is 5.82 Å². The van der Waals surface area contributed by atoms with Crippen molar-refractivity contribution in [1.82, 2.24) is 24.5 Å². The van der Waals surface area contributed by atoms with Gasteiger partial charge >= 0.3 is 0 Å². The summed E-state index contributed by atoms with van der Waals surface area (Å²) in [5.41, 5.74) is 2.98. The average Bonchev–Trinajstić information content (AvgIpc) is 3.62. The summed E-state index contributed by atoms with van der Waals surface area (Å²) in [6.45, 7) is 7.56. The molecule has 2 aliphatic rings. The number of carbonyl (C=O) groups excluding carboxylic acids is 1. The van der Waals surface area contributed by atoms with Gasteiger partial charge in [-0.1, -0.05) is 42.5 Å². The topological polar surface area (TPSA) is 143 Å². The van der Waals surface area contributed by atoms with Crippen LogP contribution >= 0.6 is 11.5 Å². The molecule has 0 aliphatic carbocycles. The van der Waals surface area contributed by atoms with Gasteiger partial charge in [-0.2, -0.15) is 4.37 Å². The second-order valence-electron chi connectivity index (χ2n) is 14.5. The van der Waals surface area contributed by atoms with Crippen LogP contribution in [0.3, 0.4) is 0 Å². The van der Waals surface area contributed by atoms with Crippen molar-refractivity contribution < 1.29 is 24.5 Å². The lowest BCUT2D eigenvalue weighted by Crippen LogP contribution is -2.57. The first-order valence-corrected chi connectivity index (χ1v) is 19.6. The quantitative estimate of drug-likeness (QED) is 0.113. The minimum atomic E-state index is -0.855. The summed E-state index contributed by atoms with van der Waals surface area (Å²) in [5, 5.41) is 25.8. The lowest BCUT2D eigenvalue weighted by Gasteiger charge is -2.47. The maximum Gasteiger partial charge on any atom is 0.248 e. The smallest absolute Gasteiger partial charge is 0.248 e. The molecule has 286 valence electrons. The number of aliphatic hydroxyl groups excluding tert-OH is 1. The van der Waals surface area contributed by atoms with Gasteiger partial charge in [-0.05, 0) is 71.8 Å². The molecule has 1 atom stereocenters. The summed E-state index contributed by atoms with van der Waals surface area (Å²) in [6.07, 6.45) is 2.25. The minimum absolute atomic E-state index is 0.000832. The van der Waals surface area contributed by atoms with E-state index in [1.165, 1.54) is 33.3 Å². The third kappa shape index (κ3) is 9.11. The Morgan fingerprint density at radius 1 is 1.06 bits per heavy atom. The number of phenolic OH excluding ortho intramolecular Hbond substituents is 1. The first-order valence-electron chi connectivity index (χ1n) is 18.9. The number of anilines is 1. The molecule has 2 aromatic heterocycles. The molecule has 12 nitrogen and oxygen atoms in total. The van der Waals surface area contributed by atoms with Gasteiger partial charge in [0.1, 0.15) is 11.6 Å². The number of hydrogen-bond acceptors (Lipinski definition) is 11. The largest absolute Gasteiger partial charge is 0.506 e. The number of aromatic nitrogens is 2. The highest BCUT2D eigenvalue weighted by Gasteiger charge is 2.40. The number of morpholine rings is 1. The lowest BCUT2D eigenvalue weighted by molar-refractivity contribution is -0.131. The van der Waals surface area contributed by atoms with Gasteiger partial charge in [0.2, 0.25) is 11.5 Å². The summed E-state index contributed by atoms with van der Waals surface area (Å²) in [5.74, 6) is 1.05. The van der Waals surface area contributed by atoms with Crippen LogP contribution in [0.5, 0.6) is 5.75 Å². The normalized spacial score (nSPS) is 16.7. The predicted octanol–water partition coefficient (Wildman–Crippen LogP) is 4.45. The number of piperidine rings is 1. The van der Waals surface area contributed by atoms with E-state index in [2.05, 4.69) is 68.6 Å². The van der Waals surface area contributed by atoms with Crippen LogP contribution in [-0.2, 0) is 27.2 Å². The number of amides is 1. The van der Waals surface area contributed by atoms with E-state index in [0.29, 0.717) is 49.2 Å². The molecular formula is C41H50N6O6S. The second-order valence-corrected chi connectivity index (χ2v) is 15.3. The summed E-state index contributed by atoms with van der Waals surface area (Å²) >= 11 is 1.58. The number of aromatic amines is 1. The third-order valence-corrected chi connectivity index (χ3v) is 11.5. The molecule has 0 saturated carbocycles. The Morgan fingerprint density at radius 2 is 1.89 bits per heavy atom. The molecule has 3 aromatic carbocycles. The van der Waals surface area contributed by atoms with Gasteiger partial charge in [0, 0.05) is 76.2 Å². The van der Waals surface area contributed by atoms with Crippen LogP contribution in [0.1, 0.15) is 42.1 Å². The number of rotatable bonds is 15. The van der Waals surface area contributed by atoms with Gasteiger partial charge in [0.05, 0.1) is 48.2 Å².